The van der Waals surface area contributed by atoms with Crippen molar-refractivity contribution < 1.29 is 4.79 Å². The number of thioether (sulfide) groups is 1. The molecule has 13 heavy (non-hydrogen) atoms. The van der Waals surface area contributed by atoms with Gasteiger partial charge in [-0.1, -0.05) is 0 Å². The number of carbonyl (C=O) groups excluding carboxylic acids is 1. The fraction of sp³-hybridized carbons (Fsp3) is 0.889. The van der Waals surface area contributed by atoms with Crippen molar-refractivity contribution in [2.24, 2.45) is 0 Å². The minimum Gasteiger partial charge on any atom is -0.354 e. The van der Waals surface area contributed by atoms with Gasteiger partial charge < -0.3 is 10.6 Å². The summed E-state index contributed by atoms with van der Waals surface area (Å²) >= 11 is 1.97. The SMILES string of the molecule is CNC(C)C(=O)NCC1CCCS1. The van der Waals surface area contributed by atoms with Crippen LogP contribution in [0.15, 0.2) is 0 Å². The molecule has 4 heteroatoms. The molecular formula is C9H18N2OS. The fourth-order valence-electron chi connectivity index (χ4n) is 1.30. The van der Waals surface area contributed by atoms with Crippen molar-refractivity contribution in [2.75, 3.05) is 19.3 Å². The average molecular weight is 202 g/mol. The molecule has 1 rings (SSSR count). The highest BCUT2D eigenvalue weighted by atomic mass is 32.2. The molecule has 0 aliphatic carbocycles. The first-order valence-corrected chi connectivity index (χ1v) is 5.85. The summed E-state index contributed by atoms with van der Waals surface area (Å²) in [5, 5.41) is 6.52. The second-order valence-electron chi connectivity index (χ2n) is 3.39. The van der Waals surface area contributed by atoms with Crippen LogP contribution in [0.1, 0.15) is 19.8 Å². The van der Waals surface area contributed by atoms with Crippen LogP contribution < -0.4 is 10.6 Å². The van der Waals surface area contributed by atoms with Crippen LogP contribution >= 0.6 is 11.8 Å². The third kappa shape index (κ3) is 3.56. The molecule has 0 aromatic heterocycles. The van der Waals surface area contributed by atoms with Gasteiger partial charge >= 0.3 is 0 Å². The van der Waals surface area contributed by atoms with E-state index in [2.05, 4.69) is 10.6 Å². The Labute approximate surface area is 84.0 Å². The highest BCUT2D eigenvalue weighted by Crippen LogP contribution is 2.25. The predicted octanol–water partition coefficient (Wildman–Crippen LogP) is 0.606. The second kappa shape index (κ2) is 5.50. The van der Waals surface area contributed by atoms with Crippen LogP contribution in [0.2, 0.25) is 0 Å². The Balaban J connectivity index is 2.13. The number of likely N-dealkylation sites (N-methyl/N-ethyl adjacent to an activating group) is 1. The maximum atomic E-state index is 11.3. The molecular weight excluding hydrogens is 184 g/mol. The van der Waals surface area contributed by atoms with Gasteiger partial charge in [0.1, 0.15) is 0 Å². The molecule has 1 fully saturated rings. The first-order chi connectivity index (χ1) is 6.24. The lowest BCUT2D eigenvalue weighted by Gasteiger charge is -2.13. The van der Waals surface area contributed by atoms with E-state index < -0.39 is 0 Å². The highest BCUT2D eigenvalue weighted by molar-refractivity contribution is 8.00. The van der Waals surface area contributed by atoms with Crippen molar-refractivity contribution in [2.45, 2.75) is 31.1 Å². The van der Waals surface area contributed by atoms with E-state index in [0.29, 0.717) is 5.25 Å². The Kier molecular flexibility index (Phi) is 4.59. The van der Waals surface area contributed by atoms with E-state index in [0.717, 1.165) is 6.54 Å². The molecule has 2 atom stereocenters. The second-order valence-corrected chi connectivity index (χ2v) is 4.80. The molecule has 0 spiro atoms. The van der Waals surface area contributed by atoms with Gasteiger partial charge in [0.05, 0.1) is 6.04 Å². The maximum absolute atomic E-state index is 11.3. The van der Waals surface area contributed by atoms with Crippen LogP contribution in [0.3, 0.4) is 0 Å². The molecule has 76 valence electrons. The first-order valence-electron chi connectivity index (χ1n) is 4.80. The van der Waals surface area contributed by atoms with E-state index in [1.54, 1.807) is 7.05 Å². The summed E-state index contributed by atoms with van der Waals surface area (Å²) in [7, 11) is 1.80. The summed E-state index contributed by atoms with van der Waals surface area (Å²) in [6.45, 7) is 2.70. The van der Waals surface area contributed by atoms with Crippen LogP contribution in [-0.2, 0) is 4.79 Å². The van der Waals surface area contributed by atoms with E-state index in [-0.39, 0.29) is 11.9 Å². The number of amides is 1. The Hall–Kier alpha value is -0.220. The van der Waals surface area contributed by atoms with E-state index >= 15 is 0 Å². The lowest BCUT2D eigenvalue weighted by Crippen LogP contribution is -2.42. The van der Waals surface area contributed by atoms with Crippen LogP contribution in [0, 0.1) is 0 Å². The summed E-state index contributed by atoms with van der Waals surface area (Å²) in [5.41, 5.74) is 0. The molecule has 0 saturated carbocycles. The molecule has 1 aliphatic heterocycles. The third-order valence-corrected chi connectivity index (χ3v) is 3.75. The van der Waals surface area contributed by atoms with E-state index in [1.165, 1.54) is 18.6 Å². The predicted molar refractivity (Wildman–Crippen MR) is 57.0 cm³/mol. The molecule has 0 radical (unpaired) electrons. The van der Waals surface area contributed by atoms with Gasteiger partial charge in [0, 0.05) is 11.8 Å². The smallest absolute Gasteiger partial charge is 0.236 e. The molecule has 0 aromatic rings. The number of hydrogen-bond acceptors (Lipinski definition) is 3. The minimum atomic E-state index is -0.0774. The molecule has 3 nitrogen and oxygen atoms in total. The molecule has 1 aliphatic rings. The van der Waals surface area contributed by atoms with Gasteiger partial charge in [0.15, 0.2) is 0 Å². The molecule has 2 unspecified atom stereocenters. The summed E-state index contributed by atoms with van der Waals surface area (Å²) < 4.78 is 0. The largest absolute Gasteiger partial charge is 0.354 e. The zero-order valence-electron chi connectivity index (χ0n) is 8.30. The fourth-order valence-corrected chi connectivity index (χ4v) is 2.51. The Morgan fingerprint density at radius 3 is 3.00 bits per heavy atom. The lowest BCUT2D eigenvalue weighted by atomic mass is 10.2. The van der Waals surface area contributed by atoms with Gasteiger partial charge in [-0.3, -0.25) is 4.79 Å². The van der Waals surface area contributed by atoms with Crippen molar-refractivity contribution in [1.29, 1.82) is 0 Å². The molecule has 1 amide bonds. The normalized spacial score (nSPS) is 24.3. The Morgan fingerprint density at radius 2 is 2.46 bits per heavy atom. The monoisotopic (exact) mass is 202 g/mol. The van der Waals surface area contributed by atoms with Gasteiger partial charge in [-0.15, -0.1) is 0 Å². The van der Waals surface area contributed by atoms with Gasteiger partial charge in [-0.25, -0.2) is 0 Å². The zero-order chi connectivity index (χ0) is 9.68. The highest BCUT2D eigenvalue weighted by Gasteiger charge is 2.17. The average Bonchev–Trinajstić information content (AvgIpc) is 2.65. The number of nitrogens with one attached hydrogen (secondary N) is 2. The quantitative estimate of drug-likeness (QED) is 0.701. The summed E-state index contributed by atoms with van der Waals surface area (Å²) in [4.78, 5) is 11.3. The molecule has 0 bridgehead atoms. The summed E-state index contributed by atoms with van der Waals surface area (Å²) in [5.74, 6) is 1.36. The summed E-state index contributed by atoms with van der Waals surface area (Å²) in [6, 6.07) is -0.0774. The van der Waals surface area contributed by atoms with Crippen molar-refractivity contribution >= 4 is 17.7 Å². The lowest BCUT2D eigenvalue weighted by molar-refractivity contribution is -0.122. The van der Waals surface area contributed by atoms with Gasteiger partial charge in [0.2, 0.25) is 5.91 Å². The Morgan fingerprint density at radius 1 is 1.69 bits per heavy atom. The van der Waals surface area contributed by atoms with Crippen LogP contribution in [0.4, 0.5) is 0 Å². The Bertz CT molecular complexity index is 169. The number of carbonyl (C=O) groups is 1. The standard InChI is InChI=1S/C9H18N2OS/c1-7(10-2)9(12)11-6-8-4-3-5-13-8/h7-8,10H,3-6H2,1-2H3,(H,11,12). The van der Waals surface area contributed by atoms with Crippen LogP contribution in [-0.4, -0.2) is 36.5 Å². The zero-order valence-corrected chi connectivity index (χ0v) is 9.12. The number of rotatable bonds is 4. The third-order valence-electron chi connectivity index (χ3n) is 2.35. The summed E-state index contributed by atoms with van der Waals surface area (Å²) in [6.07, 6.45) is 2.55. The molecule has 0 aromatic carbocycles. The maximum Gasteiger partial charge on any atom is 0.236 e. The first kappa shape index (κ1) is 10.9. The van der Waals surface area contributed by atoms with Crippen molar-refractivity contribution in [3.63, 3.8) is 0 Å². The van der Waals surface area contributed by atoms with Crippen molar-refractivity contribution in [3.8, 4) is 0 Å². The molecule has 1 saturated heterocycles. The number of hydrogen-bond donors (Lipinski definition) is 2. The van der Waals surface area contributed by atoms with E-state index in [1.807, 2.05) is 18.7 Å². The molecule has 2 N–H and O–H groups in total. The topological polar surface area (TPSA) is 41.1 Å². The van der Waals surface area contributed by atoms with Crippen molar-refractivity contribution in [3.05, 3.63) is 0 Å². The van der Waals surface area contributed by atoms with Gasteiger partial charge in [0.25, 0.3) is 0 Å². The van der Waals surface area contributed by atoms with Gasteiger partial charge in [-0.05, 0) is 32.6 Å². The van der Waals surface area contributed by atoms with E-state index in [4.69, 9.17) is 0 Å². The van der Waals surface area contributed by atoms with Crippen molar-refractivity contribution in [1.82, 2.24) is 10.6 Å². The van der Waals surface area contributed by atoms with Gasteiger partial charge in [-0.2, -0.15) is 11.8 Å². The van der Waals surface area contributed by atoms with E-state index in [9.17, 15) is 4.79 Å². The van der Waals surface area contributed by atoms with Crippen LogP contribution in [0.25, 0.3) is 0 Å². The molecule has 1 heterocycles. The minimum absolute atomic E-state index is 0.0774. The van der Waals surface area contributed by atoms with Crippen LogP contribution in [0.5, 0.6) is 0 Å².